The van der Waals surface area contributed by atoms with E-state index in [1.165, 1.54) is 0 Å². The fourth-order valence-corrected chi connectivity index (χ4v) is 4.94. The van der Waals surface area contributed by atoms with Crippen LogP contribution in [0.5, 0.6) is 0 Å². The van der Waals surface area contributed by atoms with E-state index in [1.54, 1.807) is 0 Å². The largest absolute Gasteiger partial charge is 0.298 e. The SMILES string of the molecule is C=C(C)CN1CCC[C@@H](S(=O)(=O)NC2CCCC2)C1. The van der Waals surface area contributed by atoms with Crippen LogP contribution < -0.4 is 4.72 Å². The van der Waals surface area contributed by atoms with Crippen LogP contribution in [-0.2, 0) is 10.0 Å². The number of likely N-dealkylation sites (tertiary alicyclic amines) is 1. The van der Waals surface area contributed by atoms with Crippen molar-refractivity contribution in [2.75, 3.05) is 19.6 Å². The molecule has 0 unspecified atom stereocenters. The zero-order valence-corrected chi connectivity index (χ0v) is 12.7. The second-order valence-corrected chi connectivity index (χ2v) is 8.09. The van der Waals surface area contributed by atoms with E-state index in [-0.39, 0.29) is 11.3 Å². The molecule has 0 radical (unpaired) electrons. The molecule has 0 spiro atoms. The van der Waals surface area contributed by atoms with Gasteiger partial charge >= 0.3 is 0 Å². The van der Waals surface area contributed by atoms with Gasteiger partial charge in [-0.1, -0.05) is 25.0 Å². The predicted molar refractivity (Wildman–Crippen MR) is 78.6 cm³/mol. The number of rotatable bonds is 5. The first-order valence-corrected chi connectivity index (χ1v) is 8.90. The number of hydrogen-bond donors (Lipinski definition) is 1. The Morgan fingerprint density at radius 1 is 1.26 bits per heavy atom. The summed E-state index contributed by atoms with van der Waals surface area (Å²) in [7, 11) is -3.16. The lowest BCUT2D eigenvalue weighted by molar-refractivity contribution is 0.247. The summed E-state index contributed by atoms with van der Waals surface area (Å²) in [6, 6.07) is 0.182. The summed E-state index contributed by atoms with van der Waals surface area (Å²) in [5.41, 5.74) is 1.10. The summed E-state index contributed by atoms with van der Waals surface area (Å²) in [5.74, 6) is 0. The smallest absolute Gasteiger partial charge is 0.215 e. The zero-order chi connectivity index (χ0) is 13.9. The molecule has 0 aromatic rings. The van der Waals surface area contributed by atoms with E-state index in [9.17, 15) is 8.42 Å². The van der Waals surface area contributed by atoms with Crippen molar-refractivity contribution < 1.29 is 8.42 Å². The van der Waals surface area contributed by atoms with E-state index in [0.717, 1.165) is 57.2 Å². The predicted octanol–water partition coefficient (Wildman–Crippen LogP) is 1.89. The minimum absolute atomic E-state index is 0.182. The first kappa shape index (κ1) is 15.0. The first-order chi connectivity index (χ1) is 8.97. The Bertz CT molecular complexity index is 413. The van der Waals surface area contributed by atoms with E-state index < -0.39 is 10.0 Å². The number of hydrogen-bond acceptors (Lipinski definition) is 3. The van der Waals surface area contributed by atoms with Crippen LogP contribution in [0.25, 0.3) is 0 Å². The second-order valence-electron chi connectivity index (χ2n) is 6.10. The summed E-state index contributed by atoms with van der Waals surface area (Å²) < 4.78 is 27.7. The lowest BCUT2D eigenvalue weighted by Gasteiger charge is -2.33. The van der Waals surface area contributed by atoms with Gasteiger partial charge in [0.25, 0.3) is 0 Å². The Morgan fingerprint density at radius 2 is 1.95 bits per heavy atom. The minimum atomic E-state index is -3.16. The normalized spacial score (nSPS) is 26.7. The molecule has 5 heteroatoms. The molecule has 110 valence electrons. The molecule has 1 N–H and O–H groups in total. The molecule has 0 aromatic carbocycles. The fourth-order valence-electron chi connectivity index (χ4n) is 3.16. The molecule has 0 amide bonds. The highest BCUT2D eigenvalue weighted by atomic mass is 32.2. The zero-order valence-electron chi connectivity index (χ0n) is 11.9. The van der Waals surface area contributed by atoms with Gasteiger partial charge in [0.1, 0.15) is 0 Å². The Morgan fingerprint density at radius 3 is 2.58 bits per heavy atom. The summed E-state index contributed by atoms with van der Waals surface area (Å²) in [6.45, 7) is 8.36. The maximum absolute atomic E-state index is 12.4. The van der Waals surface area contributed by atoms with Crippen molar-refractivity contribution in [3.63, 3.8) is 0 Å². The van der Waals surface area contributed by atoms with Crippen molar-refractivity contribution in [2.45, 2.75) is 56.7 Å². The molecule has 1 aliphatic carbocycles. The standard InChI is InChI=1S/C14H26N2O2S/c1-12(2)10-16-9-5-8-14(11-16)19(17,18)15-13-6-3-4-7-13/h13-15H,1,3-11H2,2H3/t14-/m1/s1. The van der Waals surface area contributed by atoms with E-state index in [2.05, 4.69) is 16.2 Å². The lowest BCUT2D eigenvalue weighted by Crippen LogP contribution is -2.48. The average molecular weight is 286 g/mol. The Hall–Kier alpha value is -0.390. The average Bonchev–Trinajstić information content (AvgIpc) is 2.80. The van der Waals surface area contributed by atoms with E-state index >= 15 is 0 Å². The third kappa shape index (κ3) is 4.29. The third-order valence-electron chi connectivity index (χ3n) is 4.08. The quantitative estimate of drug-likeness (QED) is 0.785. The van der Waals surface area contributed by atoms with Gasteiger partial charge in [0, 0.05) is 19.1 Å². The molecule has 2 aliphatic rings. The van der Waals surface area contributed by atoms with Gasteiger partial charge in [-0.3, -0.25) is 4.90 Å². The lowest BCUT2D eigenvalue weighted by atomic mass is 10.1. The fraction of sp³-hybridized carbons (Fsp3) is 0.857. The Labute approximate surface area is 117 Å². The maximum atomic E-state index is 12.4. The number of piperidine rings is 1. The van der Waals surface area contributed by atoms with Crippen LogP contribution in [-0.4, -0.2) is 44.2 Å². The Kier molecular flexibility index (Phi) is 5.03. The number of nitrogens with one attached hydrogen (secondary N) is 1. The van der Waals surface area contributed by atoms with Crippen LogP contribution in [0.4, 0.5) is 0 Å². The van der Waals surface area contributed by atoms with Gasteiger partial charge in [0.2, 0.25) is 10.0 Å². The van der Waals surface area contributed by atoms with Crippen molar-refractivity contribution in [1.29, 1.82) is 0 Å². The van der Waals surface area contributed by atoms with Crippen LogP contribution in [0.2, 0.25) is 0 Å². The molecule has 4 nitrogen and oxygen atoms in total. The van der Waals surface area contributed by atoms with Crippen LogP contribution in [0.1, 0.15) is 45.4 Å². The van der Waals surface area contributed by atoms with Crippen molar-refractivity contribution in [2.24, 2.45) is 0 Å². The van der Waals surface area contributed by atoms with Gasteiger partial charge in [-0.25, -0.2) is 13.1 Å². The van der Waals surface area contributed by atoms with Gasteiger partial charge in [0.15, 0.2) is 0 Å². The van der Waals surface area contributed by atoms with E-state index in [0.29, 0.717) is 6.54 Å². The highest BCUT2D eigenvalue weighted by Gasteiger charge is 2.32. The molecule has 2 rings (SSSR count). The summed E-state index contributed by atoms with van der Waals surface area (Å²) in [4.78, 5) is 2.21. The van der Waals surface area contributed by atoms with Gasteiger partial charge in [-0.2, -0.15) is 0 Å². The summed E-state index contributed by atoms with van der Waals surface area (Å²) in [6.07, 6.45) is 6.06. The molecule has 1 heterocycles. The number of sulfonamides is 1. The van der Waals surface area contributed by atoms with Gasteiger partial charge in [-0.15, -0.1) is 0 Å². The molecule has 0 bridgehead atoms. The molecule has 1 atom stereocenters. The molecular formula is C14H26N2O2S. The molecule has 1 aliphatic heterocycles. The van der Waals surface area contributed by atoms with Crippen molar-refractivity contribution in [1.82, 2.24) is 9.62 Å². The number of nitrogens with zero attached hydrogens (tertiary/aromatic N) is 1. The van der Waals surface area contributed by atoms with Gasteiger partial charge in [-0.05, 0) is 39.2 Å². The van der Waals surface area contributed by atoms with Crippen molar-refractivity contribution >= 4 is 10.0 Å². The van der Waals surface area contributed by atoms with Crippen LogP contribution >= 0.6 is 0 Å². The van der Waals surface area contributed by atoms with Crippen molar-refractivity contribution in [3.8, 4) is 0 Å². The molecular weight excluding hydrogens is 260 g/mol. The maximum Gasteiger partial charge on any atom is 0.215 e. The van der Waals surface area contributed by atoms with Crippen molar-refractivity contribution in [3.05, 3.63) is 12.2 Å². The first-order valence-electron chi connectivity index (χ1n) is 7.35. The van der Waals surface area contributed by atoms with Crippen LogP contribution in [0, 0.1) is 0 Å². The summed E-state index contributed by atoms with van der Waals surface area (Å²) >= 11 is 0. The van der Waals surface area contributed by atoms with E-state index in [4.69, 9.17) is 0 Å². The highest BCUT2D eigenvalue weighted by molar-refractivity contribution is 7.90. The molecule has 2 fully saturated rings. The van der Waals surface area contributed by atoms with Crippen LogP contribution in [0.3, 0.4) is 0 Å². The topological polar surface area (TPSA) is 49.4 Å². The molecule has 0 aromatic heterocycles. The monoisotopic (exact) mass is 286 g/mol. The van der Waals surface area contributed by atoms with Gasteiger partial charge in [0.05, 0.1) is 5.25 Å². The second kappa shape index (κ2) is 6.37. The molecule has 19 heavy (non-hydrogen) atoms. The molecule has 1 saturated carbocycles. The Balaban J connectivity index is 1.93. The minimum Gasteiger partial charge on any atom is -0.298 e. The highest BCUT2D eigenvalue weighted by Crippen LogP contribution is 2.22. The third-order valence-corrected chi connectivity index (χ3v) is 6.01. The van der Waals surface area contributed by atoms with Crippen LogP contribution in [0.15, 0.2) is 12.2 Å². The van der Waals surface area contributed by atoms with Gasteiger partial charge < -0.3 is 0 Å². The summed E-state index contributed by atoms with van der Waals surface area (Å²) in [5, 5.41) is -0.249. The van der Waals surface area contributed by atoms with E-state index in [1.807, 2.05) is 6.92 Å². The molecule has 1 saturated heterocycles.